The summed E-state index contributed by atoms with van der Waals surface area (Å²) in [5.41, 5.74) is 0.120. The van der Waals surface area contributed by atoms with Crippen molar-refractivity contribution in [1.29, 1.82) is 0 Å². The zero-order valence-corrected chi connectivity index (χ0v) is 16.5. The van der Waals surface area contributed by atoms with Crippen LogP contribution >= 0.6 is 0 Å². The van der Waals surface area contributed by atoms with Crippen LogP contribution in [0.25, 0.3) is 0 Å². The quantitative estimate of drug-likeness (QED) is 0.524. The summed E-state index contributed by atoms with van der Waals surface area (Å²) in [6, 6.07) is 0.661. The Morgan fingerprint density at radius 2 is 1.67 bits per heavy atom. The summed E-state index contributed by atoms with van der Waals surface area (Å²) in [6.07, 6.45) is 1.63. The molecule has 2 heterocycles. The molecule has 0 bridgehead atoms. The zero-order valence-electron chi connectivity index (χ0n) is 16.5. The summed E-state index contributed by atoms with van der Waals surface area (Å²) >= 11 is 0. The van der Waals surface area contributed by atoms with Gasteiger partial charge in [-0.05, 0) is 41.0 Å². The molecule has 2 saturated heterocycles. The van der Waals surface area contributed by atoms with Gasteiger partial charge in [0.15, 0.2) is 0 Å². The van der Waals surface area contributed by atoms with Crippen LogP contribution in [0, 0.1) is 17.3 Å². The lowest BCUT2D eigenvalue weighted by Gasteiger charge is -2.41. The molecule has 0 aromatic heterocycles. The van der Waals surface area contributed by atoms with E-state index in [-0.39, 0.29) is 5.41 Å². The lowest BCUT2D eigenvalue weighted by Crippen LogP contribution is -2.55. The van der Waals surface area contributed by atoms with Gasteiger partial charge in [0, 0.05) is 63.9 Å². The maximum atomic E-state index is 5.96. The molecular weight excluding hydrogens is 298 g/mol. The van der Waals surface area contributed by atoms with Crippen molar-refractivity contribution in [3.05, 3.63) is 0 Å². The minimum atomic E-state index is 0.120. The predicted octanol–water partition coefficient (Wildman–Crippen LogP) is 2.15. The van der Waals surface area contributed by atoms with Crippen LogP contribution in [0.5, 0.6) is 0 Å². The Hall–Kier alpha value is -0.600. The molecule has 2 aliphatic rings. The standard InChI is InChI=1S/C20H37N3O/c1-18(2)23-16-19(17-23)24-15-7-10-22-13-11-21(12-14-22)9-6-8-20(3,4)5/h18-19H,7,9-17H2,1-5H3. The molecule has 4 nitrogen and oxygen atoms in total. The normalized spacial score (nSPS) is 21.6. The van der Waals surface area contributed by atoms with Crippen molar-refractivity contribution in [2.45, 2.75) is 53.2 Å². The number of rotatable bonds is 7. The number of piperazine rings is 1. The third-order valence-corrected chi connectivity index (χ3v) is 4.81. The second-order valence-corrected chi connectivity index (χ2v) is 8.56. The van der Waals surface area contributed by atoms with E-state index in [4.69, 9.17) is 4.74 Å². The monoisotopic (exact) mass is 335 g/mol. The van der Waals surface area contributed by atoms with Gasteiger partial charge in [0.1, 0.15) is 0 Å². The molecule has 0 N–H and O–H groups in total. The third-order valence-electron chi connectivity index (χ3n) is 4.81. The van der Waals surface area contributed by atoms with Gasteiger partial charge >= 0.3 is 0 Å². The number of hydrogen-bond donors (Lipinski definition) is 0. The third kappa shape index (κ3) is 7.11. The molecule has 0 aromatic carbocycles. The second-order valence-electron chi connectivity index (χ2n) is 8.56. The Morgan fingerprint density at radius 3 is 2.25 bits per heavy atom. The topological polar surface area (TPSA) is 19.0 Å². The molecule has 0 spiro atoms. The summed E-state index contributed by atoms with van der Waals surface area (Å²) in [7, 11) is 0. The molecule has 0 radical (unpaired) electrons. The predicted molar refractivity (Wildman–Crippen MR) is 101 cm³/mol. The maximum absolute atomic E-state index is 5.96. The molecule has 4 heteroatoms. The zero-order chi connectivity index (χ0) is 17.6. The number of hydrogen-bond acceptors (Lipinski definition) is 4. The van der Waals surface area contributed by atoms with Crippen LogP contribution in [0.15, 0.2) is 0 Å². The van der Waals surface area contributed by atoms with Crippen molar-refractivity contribution >= 4 is 0 Å². The Morgan fingerprint density at radius 1 is 1.04 bits per heavy atom. The number of likely N-dealkylation sites (tertiary alicyclic amines) is 1. The van der Waals surface area contributed by atoms with Gasteiger partial charge in [-0.25, -0.2) is 0 Å². The highest BCUT2D eigenvalue weighted by Gasteiger charge is 2.28. The highest BCUT2D eigenvalue weighted by molar-refractivity contribution is 5.08. The maximum Gasteiger partial charge on any atom is 0.0828 e. The fourth-order valence-electron chi connectivity index (χ4n) is 3.12. The highest BCUT2D eigenvalue weighted by atomic mass is 16.5. The van der Waals surface area contributed by atoms with E-state index in [2.05, 4.69) is 61.2 Å². The van der Waals surface area contributed by atoms with Gasteiger partial charge in [0.05, 0.1) is 12.6 Å². The van der Waals surface area contributed by atoms with Crippen LogP contribution < -0.4 is 0 Å². The molecule has 0 atom stereocenters. The molecule has 2 aliphatic heterocycles. The first-order chi connectivity index (χ1) is 11.3. The fraction of sp³-hybridized carbons (Fsp3) is 0.900. The van der Waals surface area contributed by atoms with Gasteiger partial charge in [-0.1, -0.05) is 11.8 Å². The van der Waals surface area contributed by atoms with Crippen molar-refractivity contribution in [2.24, 2.45) is 5.41 Å². The summed E-state index contributed by atoms with van der Waals surface area (Å²) in [5, 5.41) is 0. The summed E-state index contributed by atoms with van der Waals surface area (Å²) in [5.74, 6) is 6.66. The van der Waals surface area contributed by atoms with Gasteiger partial charge < -0.3 is 9.64 Å². The number of ether oxygens (including phenoxy) is 1. The summed E-state index contributed by atoms with van der Waals surface area (Å²) in [4.78, 5) is 7.51. The van der Waals surface area contributed by atoms with E-state index < -0.39 is 0 Å². The molecular formula is C20H37N3O. The summed E-state index contributed by atoms with van der Waals surface area (Å²) in [6.45, 7) is 20.9. The van der Waals surface area contributed by atoms with Gasteiger partial charge in [0.2, 0.25) is 0 Å². The van der Waals surface area contributed by atoms with Crippen molar-refractivity contribution in [2.75, 3.05) is 59.0 Å². The van der Waals surface area contributed by atoms with E-state index >= 15 is 0 Å². The molecule has 0 aromatic rings. The minimum absolute atomic E-state index is 0.120. The Labute approximate surface area is 149 Å². The van der Waals surface area contributed by atoms with Crippen molar-refractivity contribution < 1.29 is 4.74 Å². The Kier molecular flexibility index (Phi) is 7.56. The van der Waals surface area contributed by atoms with Gasteiger partial charge in [0.25, 0.3) is 0 Å². The van der Waals surface area contributed by atoms with Crippen LogP contribution in [0.4, 0.5) is 0 Å². The van der Waals surface area contributed by atoms with Gasteiger partial charge in [-0.15, -0.1) is 0 Å². The van der Waals surface area contributed by atoms with Crippen molar-refractivity contribution in [1.82, 2.24) is 14.7 Å². The first kappa shape index (κ1) is 19.7. The molecule has 2 rings (SSSR count). The SMILES string of the molecule is CC(C)N1CC(OCCCN2CCN(CC#CC(C)(C)C)CC2)C1. The molecule has 24 heavy (non-hydrogen) atoms. The van der Waals surface area contributed by atoms with E-state index in [0.29, 0.717) is 12.1 Å². The van der Waals surface area contributed by atoms with E-state index in [1.54, 1.807) is 0 Å². The van der Waals surface area contributed by atoms with Crippen LogP contribution in [-0.2, 0) is 4.74 Å². The Balaban J connectivity index is 1.49. The first-order valence-corrected chi connectivity index (χ1v) is 9.64. The van der Waals surface area contributed by atoms with E-state index in [1.807, 2.05) is 0 Å². The lowest BCUT2D eigenvalue weighted by molar-refractivity contribution is -0.0683. The molecule has 2 fully saturated rings. The molecule has 138 valence electrons. The largest absolute Gasteiger partial charge is 0.376 e. The Bertz CT molecular complexity index is 418. The molecule has 0 saturated carbocycles. The smallest absolute Gasteiger partial charge is 0.0828 e. The van der Waals surface area contributed by atoms with E-state index in [9.17, 15) is 0 Å². The van der Waals surface area contributed by atoms with Crippen LogP contribution in [0.2, 0.25) is 0 Å². The second kappa shape index (κ2) is 9.20. The van der Waals surface area contributed by atoms with Gasteiger partial charge in [-0.3, -0.25) is 9.80 Å². The average Bonchev–Trinajstić information content (AvgIpc) is 2.45. The van der Waals surface area contributed by atoms with Crippen LogP contribution in [0.3, 0.4) is 0 Å². The minimum Gasteiger partial charge on any atom is -0.376 e. The van der Waals surface area contributed by atoms with Crippen LogP contribution in [0.1, 0.15) is 41.0 Å². The number of nitrogens with zero attached hydrogens (tertiary/aromatic N) is 3. The highest BCUT2D eigenvalue weighted by Crippen LogP contribution is 2.15. The van der Waals surface area contributed by atoms with E-state index in [0.717, 1.165) is 45.8 Å². The van der Waals surface area contributed by atoms with Crippen LogP contribution in [-0.4, -0.2) is 85.8 Å². The first-order valence-electron chi connectivity index (χ1n) is 9.64. The lowest BCUT2D eigenvalue weighted by atomic mass is 9.98. The molecule has 0 amide bonds. The molecule has 0 unspecified atom stereocenters. The van der Waals surface area contributed by atoms with Crippen molar-refractivity contribution in [3.8, 4) is 11.8 Å². The van der Waals surface area contributed by atoms with E-state index in [1.165, 1.54) is 19.6 Å². The van der Waals surface area contributed by atoms with Gasteiger partial charge in [-0.2, -0.15) is 0 Å². The fourth-order valence-corrected chi connectivity index (χ4v) is 3.12. The van der Waals surface area contributed by atoms with Crippen molar-refractivity contribution in [3.63, 3.8) is 0 Å². The molecule has 0 aliphatic carbocycles. The summed E-state index contributed by atoms with van der Waals surface area (Å²) < 4.78 is 5.96. The average molecular weight is 336 g/mol.